The Labute approximate surface area is 135 Å². The van der Waals surface area contributed by atoms with Gasteiger partial charge in [0.05, 0.1) is 10.9 Å². The average Bonchev–Trinajstić information content (AvgIpc) is 2.94. The van der Waals surface area contributed by atoms with Gasteiger partial charge in [0, 0.05) is 17.1 Å². The third-order valence-corrected chi connectivity index (χ3v) is 5.95. The number of hydrogen-bond acceptors (Lipinski definition) is 5. The second kappa shape index (κ2) is 6.87. The summed E-state index contributed by atoms with van der Waals surface area (Å²) in [5.41, 5.74) is 0.927. The van der Waals surface area contributed by atoms with Crippen LogP contribution in [0.15, 0.2) is 35.4 Å². The highest BCUT2D eigenvalue weighted by molar-refractivity contribution is 7.89. The van der Waals surface area contributed by atoms with Crippen molar-refractivity contribution in [1.82, 2.24) is 15.0 Å². The molecule has 0 unspecified atom stereocenters. The molecule has 22 heavy (non-hydrogen) atoms. The molecule has 0 aliphatic rings. The summed E-state index contributed by atoms with van der Waals surface area (Å²) in [4.78, 5) is 5.84. The first-order valence-corrected chi connectivity index (χ1v) is 9.35. The van der Waals surface area contributed by atoms with Gasteiger partial charge < -0.3 is 5.32 Å². The standard InChI is InChI=1S/C15H21N3O2S2/c1-10-9-17-15(21-10)12(3)18-11(2)13-6-5-7-14(8-13)22(19,20)16-4/h5-9,11-12,16,18H,1-4H3/t11-,12-/m1/s1. The first kappa shape index (κ1) is 17.1. The fourth-order valence-corrected chi connectivity index (χ4v) is 3.75. The Hall–Kier alpha value is -1.28. The van der Waals surface area contributed by atoms with E-state index in [9.17, 15) is 8.42 Å². The van der Waals surface area contributed by atoms with Gasteiger partial charge in [0.25, 0.3) is 0 Å². The van der Waals surface area contributed by atoms with Crippen LogP contribution in [0, 0.1) is 6.92 Å². The van der Waals surface area contributed by atoms with E-state index in [0.29, 0.717) is 0 Å². The van der Waals surface area contributed by atoms with Crippen LogP contribution in [0.5, 0.6) is 0 Å². The maximum Gasteiger partial charge on any atom is 0.240 e. The fraction of sp³-hybridized carbons (Fsp3) is 0.400. The molecule has 0 fully saturated rings. The predicted octanol–water partition coefficient (Wildman–Crippen LogP) is 2.77. The molecule has 2 rings (SSSR count). The van der Waals surface area contributed by atoms with Crippen molar-refractivity contribution in [3.8, 4) is 0 Å². The largest absolute Gasteiger partial charge is 0.302 e. The first-order chi connectivity index (χ1) is 10.3. The Bertz CT molecular complexity index is 741. The van der Waals surface area contributed by atoms with Crippen LogP contribution in [0.1, 0.15) is 41.4 Å². The first-order valence-electron chi connectivity index (χ1n) is 7.05. The molecule has 2 aromatic rings. The van der Waals surface area contributed by atoms with Crippen molar-refractivity contribution in [2.24, 2.45) is 0 Å². The molecule has 1 aromatic heterocycles. The SMILES string of the molecule is CNS(=O)(=O)c1cccc([C@@H](C)N[C@H](C)c2ncc(C)s2)c1. The van der Waals surface area contributed by atoms with Gasteiger partial charge in [0.1, 0.15) is 5.01 Å². The Kier molecular flexibility index (Phi) is 5.33. The summed E-state index contributed by atoms with van der Waals surface area (Å²) < 4.78 is 26.1. The molecule has 0 bridgehead atoms. The smallest absolute Gasteiger partial charge is 0.240 e. The van der Waals surface area contributed by atoms with E-state index in [1.54, 1.807) is 29.5 Å². The number of rotatable bonds is 6. The summed E-state index contributed by atoms with van der Waals surface area (Å²) in [7, 11) is -2.01. The lowest BCUT2D eigenvalue weighted by molar-refractivity contribution is 0.492. The van der Waals surface area contributed by atoms with Gasteiger partial charge in [-0.25, -0.2) is 18.1 Å². The molecular weight excluding hydrogens is 318 g/mol. The Morgan fingerprint density at radius 2 is 1.95 bits per heavy atom. The van der Waals surface area contributed by atoms with Crippen molar-refractivity contribution in [2.75, 3.05) is 7.05 Å². The molecule has 0 saturated heterocycles. The second-order valence-corrected chi connectivity index (χ2v) is 8.35. The molecule has 0 aliphatic heterocycles. The van der Waals surface area contributed by atoms with E-state index in [2.05, 4.69) is 21.9 Å². The number of hydrogen-bond donors (Lipinski definition) is 2. The monoisotopic (exact) mass is 339 g/mol. The highest BCUT2D eigenvalue weighted by atomic mass is 32.2. The van der Waals surface area contributed by atoms with Crippen LogP contribution in [-0.4, -0.2) is 20.4 Å². The second-order valence-electron chi connectivity index (χ2n) is 5.20. The van der Waals surface area contributed by atoms with Crippen molar-refractivity contribution in [3.63, 3.8) is 0 Å². The molecule has 0 spiro atoms. The summed E-state index contributed by atoms with van der Waals surface area (Å²) in [5, 5.41) is 4.49. The Balaban J connectivity index is 2.16. The summed E-state index contributed by atoms with van der Waals surface area (Å²) in [5.74, 6) is 0. The number of nitrogens with one attached hydrogen (secondary N) is 2. The number of thiazole rings is 1. The lowest BCUT2D eigenvalue weighted by Crippen LogP contribution is -2.23. The van der Waals surface area contributed by atoms with Crippen LogP contribution < -0.4 is 10.0 Å². The average molecular weight is 339 g/mol. The highest BCUT2D eigenvalue weighted by Gasteiger charge is 2.16. The minimum absolute atomic E-state index is 0.0196. The normalized spacial score (nSPS) is 14.7. The molecular formula is C15H21N3O2S2. The molecule has 0 amide bonds. The van der Waals surface area contributed by atoms with E-state index in [-0.39, 0.29) is 17.0 Å². The van der Waals surface area contributed by atoms with E-state index >= 15 is 0 Å². The molecule has 2 atom stereocenters. The third kappa shape index (κ3) is 3.92. The lowest BCUT2D eigenvalue weighted by atomic mass is 10.1. The quantitative estimate of drug-likeness (QED) is 0.849. The number of sulfonamides is 1. The van der Waals surface area contributed by atoms with Crippen molar-refractivity contribution in [2.45, 2.75) is 37.8 Å². The van der Waals surface area contributed by atoms with Gasteiger partial charge in [0.15, 0.2) is 0 Å². The van der Waals surface area contributed by atoms with Crippen LogP contribution in [0.3, 0.4) is 0 Å². The van der Waals surface area contributed by atoms with Gasteiger partial charge in [-0.15, -0.1) is 11.3 Å². The van der Waals surface area contributed by atoms with E-state index in [4.69, 9.17) is 0 Å². The van der Waals surface area contributed by atoms with E-state index < -0.39 is 10.0 Å². The minimum Gasteiger partial charge on any atom is -0.302 e. The zero-order chi connectivity index (χ0) is 16.3. The number of aryl methyl sites for hydroxylation is 1. The Morgan fingerprint density at radius 1 is 1.23 bits per heavy atom. The molecule has 0 aliphatic carbocycles. The van der Waals surface area contributed by atoms with Gasteiger partial charge >= 0.3 is 0 Å². The summed E-state index contributed by atoms with van der Waals surface area (Å²) in [6, 6.07) is 7.10. The van der Waals surface area contributed by atoms with Crippen LogP contribution in [0.25, 0.3) is 0 Å². The number of aromatic nitrogens is 1. The van der Waals surface area contributed by atoms with Crippen molar-refractivity contribution < 1.29 is 8.42 Å². The van der Waals surface area contributed by atoms with Gasteiger partial charge in [-0.2, -0.15) is 0 Å². The predicted molar refractivity (Wildman–Crippen MR) is 89.5 cm³/mol. The Morgan fingerprint density at radius 3 is 2.55 bits per heavy atom. The topological polar surface area (TPSA) is 71.1 Å². The van der Waals surface area contributed by atoms with Crippen molar-refractivity contribution in [3.05, 3.63) is 45.9 Å². The van der Waals surface area contributed by atoms with Crippen LogP contribution in [0.4, 0.5) is 0 Å². The zero-order valence-corrected chi connectivity index (χ0v) is 14.8. The van der Waals surface area contributed by atoms with Gasteiger partial charge in [0.2, 0.25) is 10.0 Å². The van der Waals surface area contributed by atoms with Gasteiger partial charge in [-0.1, -0.05) is 12.1 Å². The minimum atomic E-state index is -3.42. The maximum absolute atomic E-state index is 11.9. The molecule has 1 heterocycles. The van der Waals surface area contributed by atoms with Crippen LogP contribution >= 0.6 is 11.3 Å². The molecule has 1 aromatic carbocycles. The summed E-state index contributed by atoms with van der Waals surface area (Å²) >= 11 is 1.66. The van der Waals surface area contributed by atoms with E-state index in [1.807, 2.05) is 26.1 Å². The molecule has 120 valence electrons. The van der Waals surface area contributed by atoms with Crippen LogP contribution in [-0.2, 0) is 10.0 Å². The summed E-state index contributed by atoms with van der Waals surface area (Å²) in [6.45, 7) is 6.11. The zero-order valence-electron chi connectivity index (χ0n) is 13.1. The van der Waals surface area contributed by atoms with Crippen molar-refractivity contribution >= 4 is 21.4 Å². The fourth-order valence-electron chi connectivity index (χ4n) is 2.18. The number of nitrogens with zero attached hydrogens (tertiary/aromatic N) is 1. The van der Waals surface area contributed by atoms with E-state index in [0.717, 1.165) is 10.6 Å². The molecule has 7 heteroatoms. The molecule has 0 radical (unpaired) electrons. The molecule has 5 nitrogen and oxygen atoms in total. The lowest BCUT2D eigenvalue weighted by Gasteiger charge is -2.19. The summed E-state index contributed by atoms with van der Waals surface area (Å²) in [6.07, 6.45) is 1.86. The van der Waals surface area contributed by atoms with Crippen molar-refractivity contribution in [1.29, 1.82) is 0 Å². The van der Waals surface area contributed by atoms with Gasteiger partial charge in [-0.3, -0.25) is 0 Å². The maximum atomic E-state index is 11.9. The molecule has 2 N–H and O–H groups in total. The highest BCUT2D eigenvalue weighted by Crippen LogP contribution is 2.24. The van der Waals surface area contributed by atoms with Crippen LogP contribution in [0.2, 0.25) is 0 Å². The van der Waals surface area contributed by atoms with E-state index in [1.165, 1.54) is 11.9 Å². The molecule has 0 saturated carbocycles. The van der Waals surface area contributed by atoms with Gasteiger partial charge in [-0.05, 0) is 45.5 Å². The number of benzene rings is 1. The third-order valence-electron chi connectivity index (χ3n) is 3.45.